The molecule has 0 radical (unpaired) electrons. The van der Waals surface area contributed by atoms with Gasteiger partial charge in [-0.3, -0.25) is 3.07 Å². The number of hydrogen-bond acceptors (Lipinski definition) is 3. The normalized spacial score (nSPS) is 11.5. The maximum atomic E-state index is 12.7. The molecular weight excluding hydrogens is 691 g/mol. The second-order valence-corrected chi connectivity index (χ2v) is 16.0. The van der Waals surface area contributed by atoms with Crippen molar-refractivity contribution in [2.75, 3.05) is 0 Å². The Balaban J connectivity index is 0.00000356. The molecular formula is C38H73IN2O3S. The molecule has 0 aliphatic carbocycles. The fourth-order valence-electron chi connectivity index (χ4n) is 6.36. The van der Waals surface area contributed by atoms with Crippen molar-refractivity contribution in [2.45, 2.75) is 207 Å². The molecule has 0 saturated carbocycles. The van der Waals surface area contributed by atoms with E-state index in [0.29, 0.717) is 0 Å². The number of halogens is 1. The fraction of sp³-hybridized carbons (Fsp3) is 0.842. The molecule has 45 heavy (non-hydrogen) atoms. The molecule has 0 amide bonds. The van der Waals surface area contributed by atoms with E-state index in [9.17, 15) is 11.5 Å². The van der Waals surface area contributed by atoms with Gasteiger partial charge in [-0.05, 0) is 79.7 Å². The summed E-state index contributed by atoms with van der Waals surface area (Å²) in [6.45, 7) is 9.23. The largest absolute Gasteiger partial charge is 0.271 e. The Morgan fingerprint density at radius 1 is 0.467 bits per heavy atom. The van der Waals surface area contributed by atoms with E-state index in [-0.39, 0.29) is 0 Å². The van der Waals surface area contributed by atoms with Crippen LogP contribution in [0.1, 0.15) is 204 Å². The van der Waals surface area contributed by atoms with Crippen LogP contribution in [0.15, 0.2) is 6.07 Å². The van der Waals surface area contributed by atoms with Gasteiger partial charge in [-0.25, -0.2) is 10.3 Å². The first-order valence-electron chi connectivity index (χ1n) is 19.0. The second-order valence-electron chi connectivity index (χ2n) is 13.2. The lowest BCUT2D eigenvalue weighted by atomic mass is 9.85. The summed E-state index contributed by atoms with van der Waals surface area (Å²) in [4.78, 5) is 0. The maximum Gasteiger partial charge on any atom is 0.271 e. The summed E-state index contributed by atoms with van der Waals surface area (Å²) < 4.78 is 32.3. The first-order valence-corrected chi connectivity index (χ1v) is 22.5. The second kappa shape index (κ2) is 30.9. The SMILES string of the molecule is CCCCCCCCc1cc(I=O)c(CCCCCCCC)c(CCCCCCCC)c1CCCCCCCC.NS(N)(=O)=O. The van der Waals surface area contributed by atoms with E-state index in [1.165, 1.54) is 177 Å². The standard InChI is InChI=1S/C38H69IO.H4N2O2S/c1-5-9-13-17-21-25-29-34-33-38(39-40)37(32-28-24-20-16-12-8-4)36(31-27-23-19-15-11-7-3)35(34)30-26-22-18-14-10-6-2;1-5(2,3)4/h33H,5-32H2,1-4H3;(H4,1,2,3,4). The van der Waals surface area contributed by atoms with Crippen LogP contribution in [0.4, 0.5) is 0 Å². The van der Waals surface area contributed by atoms with Crippen LogP contribution < -0.4 is 10.3 Å². The molecule has 0 spiro atoms. The van der Waals surface area contributed by atoms with Crippen LogP contribution in [-0.4, -0.2) is 8.42 Å². The van der Waals surface area contributed by atoms with Crippen LogP contribution in [0.5, 0.6) is 0 Å². The number of unbranched alkanes of at least 4 members (excludes halogenated alkanes) is 20. The maximum absolute atomic E-state index is 12.7. The summed E-state index contributed by atoms with van der Waals surface area (Å²) in [5.74, 6) is 0. The van der Waals surface area contributed by atoms with Gasteiger partial charge in [-0.15, -0.1) is 0 Å². The van der Waals surface area contributed by atoms with E-state index in [1.807, 2.05) is 0 Å². The van der Waals surface area contributed by atoms with E-state index in [0.717, 1.165) is 6.42 Å². The van der Waals surface area contributed by atoms with Gasteiger partial charge in [0.05, 0.1) is 3.57 Å². The predicted octanol–water partition coefficient (Wildman–Crippen LogP) is 11.9. The minimum absolute atomic E-state index is 1.12. The fourth-order valence-corrected chi connectivity index (χ4v) is 7.73. The third-order valence-electron chi connectivity index (χ3n) is 8.93. The van der Waals surface area contributed by atoms with E-state index in [1.54, 1.807) is 22.3 Å². The van der Waals surface area contributed by atoms with Crippen molar-refractivity contribution in [1.29, 1.82) is 0 Å². The Morgan fingerprint density at radius 2 is 0.756 bits per heavy atom. The molecule has 0 bridgehead atoms. The Bertz CT molecular complexity index is 945. The van der Waals surface area contributed by atoms with Gasteiger partial charge in [-0.2, -0.15) is 8.42 Å². The zero-order valence-electron chi connectivity index (χ0n) is 30.0. The van der Waals surface area contributed by atoms with Crippen molar-refractivity contribution < 1.29 is 11.5 Å². The van der Waals surface area contributed by atoms with Crippen LogP contribution >= 0.6 is 21.2 Å². The van der Waals surface area contributed by atoms with E-state index >= 15 is 0 Å². The third kappa shape index (κ3) is 26.3. The highest BCUT2D eigenvalue weighted by Crippen LogP contribution is 2.33. The number of nitrogens with two attached hydrogens (primary N) is 2. The monoisotopic (exact) mass is 764 g/mol. The van der Waals surface area contributed by atoms with Crippen LogP contribution in [-0.2, 0) is 39.0 Å². The van der Waals surface area contributed by atoms with Crippen molar-refractivity contribution in [3.05, 3.63) is 31.9 Å². The lowest BCUT2D eigenvalue weighted by molar-refractivity contribution is 0.588. The molecule has 0 unspecified atom stereocenters. The lowest BCUT2D eigenvalue weighted by Gasteiger charge is -2.22. The van der Waals surface area contributed by atoms with Crippen molar-refractivity contribution in [3.8, 4) is 0 Å². The molecule has 0 fully saturated rings. The lowest BCUT2D eigenvalue weighted by Crippen LogP contribution is -2.21. The van der Waals surface area contributed by atoms with Crippen LogP contribution in [0.2, 0.25) is 0 Å². The number of rotatable bonds is 29. The molecule has 1 aromatic rings. The zero-order chi connectivity index (χ0) is 33.6. The minimum Gasteiger partial charge on any atom is -0.265 e. The number of hydrogen-bond donors (Lipinski definition) is 2. The average Bonchev–Trinajstić information content (AvgIpc) is 3.00. The van der Waals surface area contributed by atoms with Crippen molar-refractivity contribution in [3.63, 3.8) is 0 Å². The quantitative estimate of drug-likeness (QED) is 0.0627. The molecule has 1 rings (SSSR count). The number of aryl methyl sites for hydroxylation is 1. The van der Waals surface area contributed by atoms with Crippen molar-refractivity contribution in [2.24, 2.45) is 10.3 Å². The van der Waals surface area contributed by atoms with E-state index < -0.39 is 31.4 Å². The molecule has 0 atom stereocenters. The zero-order valence-corrected chi connectivity index (χ0v) is 33.0. The topological polar surface area (TPSA) is 103 Å². The van der Waals surface area contributed by atoms with E-state index in [2.05, 4.69) is 44.0 Å². The molecule has 0 heterocycles. The molecule has 0 aromatic heterocycles. The van der Waals surface area contributed by atoms with Gasteiger partial charge in [0, 0.05) is 0 Å². The molecule has 4 N–H and O–H groups in total. The van der Waals surface area contributed by atoms with Gasteiger partial charge in [0.25, 0.3) is 10.2 Å². The average molecular weight is 765 g/mol. The highest BCUT2D eigenvalue weighted by Gasteiger charge is 2.18. The summed E-state index contributed by atoms with van der Waals surface area (Å²) >= 11 is -1.12. The summed E-state index contributed by atoms with van der Waals surface area (Å²) in [5, 5.41) is 8.21. The van der Waals surface area contributed by atoms with E-state index in [4.69, 9.17) is 0 Å². The molecule has 0 saturated heterocycles. The first-order chi connectivity index (χ1) is 21.7. The van der Waals surface area contributed by atoms with Gasteiger partial charge in [0.15, 0.2) is 21.2 Å². The van der Waals surface area contributed by atoms with Gasteiger partial charge in [0.1, 0.15) is 0 Å². The molecule has 1 aromatic carbocycles. The van der Waals surface area contributed by atoms with Crippen LogP contribution in [0.3, 0.4) is 0 Å². The summed E-state index contributed by atoms with van der Waals surface area (Å²) in [5.41, 5.74) is 6.51. The highest BCUT2D eigenvalue weighted by atomic mass is 127. The van der Waals surface area contributed by atoms with Gasteiger partial charge in [0.2, 0.25) is 0 Å². The summed E-state index contributed by atoms with van der Waals surface area (Å²) in [6, 6.07) is 2.45. The van der Waals surface area contributed by atoms with Crippen molar-refractivity contribution in [1.82, 2.24) is 0 Å². The van der Waals surface area contributed by atoms with Gasteiger partial charge in [-0.1, -0.05) is 156 Å². The minimum atomic E-state index is -3.67. The molecule has 0 aliphatic rings. The number of benzene rings is 1. The smallest absolute Gasteiger partial charge is 0.265 e. The first kappa shape index (κ1) is 44.6. The predicted molar refractivity (Wildman–Crippen MR) is 205 cm³/mol. The Kier molecular flexibility index (Phi) is 30.7. The van der Waals surface area contributed by atoms with Crippen LogP contribution in [0, 0.1) is 3.57 Å². The molecule has 7 heteroatoms. The Morgan fingerprint density at radius 3 is 1.11 bits per heavy atom. The molecule has 5 nitrogen and oxygen atoms in total. The van der Waals surface area contributed by atoms with Gasteiger partial charge < -0.3 is 0 Å². The highest BCUT2D eigenvalue weighted by molar-refractivity contribution is 14.1. The van der Waals surface area contributed by atoms with Crippen LogP contribution in [0.25, 0.3) is 0 Å². The van der Waals surface area contributed by atoms with Crippen molar-refractivity contribution >= 4 is 31.4 Å². The third-order valence-corrected chi connectivity index (χ3v) is 10.4. The molecule has 0 aliphatic heterocycles. The Hall–Kier alpha value is -0.380. The summed E-state index contributed by atoms with van der Waals surface area (Å²) in [6.07, 6.45) is 37.3. The molecule has 266 valence electrons. The summed E-state index contributed by atoms with van der Waals surface area (Å²) in [7, 11) is -3.67. The Labute approximate surface area is 291 Å². The van der Waals surface area contributed by atoms with Gasteiger partial charge >= 0.3 is 0 Å².